The van der Waals surface area contributed by atoms with Gasteiger partial charge in [0, 0.05) is 6.61 Å². The zero-order valence-electron chi connectivity index (χ0n) is 5.33. The summed E-state index contributed by atoms with van der Waals surface area (Å²) in [6.45, 7) is 5.02. The molecule has 4 heteroatoms. The number of rotatable bonds is 1. The lowest BCUT2D eigenvalue weighted by Crippen LogP contribution is -2.04. The number of carbonyl (C=O) groups is 1. The van der Waals surface area contributed by atoms with E-state index in [0.717, 1.165) is 6.08 Å². The van der Waals surface area contributed by atoms with E-state index in [9.17, 15) is 4.79 Å². The highest BCUT2D eigenvalue weighted by Crippen LogP contribution is 1.48. The molecule has 0 aliphatic carbocycles. The molecule has 0 fully saturated rings. The van der Waals surface area contributed by atoms with Crippen LogP contribution in [0.15, 0.2) is 12.7 Å². The molecule has 0 aromatic rings. The van der Waals surface area contributed by atoms with Crippen LogP contribution in [0.4, 0.5) is 0 Å². The highest BCUT2D eigenvalue weighted by Gasteiger charge is 1.69. The highest BCUT2D eigenvalue weighted by molar-refractivity contribution is 5.85. The van der Waals surface area contributed by atoms with Crippen molar-refractivity contribution < 1.29 is 9.90 Å². The van der Waals surface area contributed by atoms with Crippen LogP contribution in [0.2, 0.25) is 0 Å². The fourth-order valence-corrected chi connectivity index (χ4v) is 0. The van der Waals surface area contributed by atoms with E-state index in [1.807, 2.05) is 0 Å². The third-order valence-electron chi connectivity index (χ3n) is 0.201. The summed E-state index contributed by atoms with van der Waals surface area (Å²) in [6, 6.07) is 0. The molecule has 0 bridgehead atoms. The number of amides is 1. The molecule has 0 aliphatic heterocycles. The van der Waals surface area contributed by atoms with Crippen molar-refractivity contribution >= 4 is 18.3 Å². The predicted molar refractivity (Wildman–Crippen MR) is 39.4 cm³/mol. The molecule has 0 heterocycles. The van der Waals surface area contributed by atoms with Crippen LogP contribution in [0, 0.1) is 0 Å². The quantitative estimate of drug-likeness (QED) is 0.524. The number of aliphatic hydroxyl groups excluding tert-OH is 1. The summed E-state index contributed by atoms with van der Waals surface area (Å²) >= 11 is 0. The Kier molecular flexibility index (Phi) is 27.5. The normalized spacial score (nSPS) is 5.56. The van der Waals surface area contributed by atoms with Crippen LogP contribution < -0.4 is 5.73 Å². The molecule has 9 heavy (non-hydrogen) atoms. The van der Waals surface area contributed by atoms with E-state index < -0.39 is 5.91 Å². The summed E-state index contributed by atoms with van der Waals surface area (Å²) in [5.74, 6) is -0.481. The van der Waals surface area contributed by atoms with E-state index in [1.54, 1.807) is 6.92 Å². The molecule has 0 aromatic heterocycles. The Labute approximate surface area is 61.0 Å². The molecule has 0 radical (unpaired) electrons. The Morgan fingerprint density at radius 2 is 2.00 bits per heavy atom. The van der Waals surface area contributed by atoms with Crippen LogP contribution in [0.3, 0.4) is 0 Å². The van der Waals surface area contributed by atoms with Gasteiger partial charge in [-0.05, 0) is 13.0 Å². The first-order chi connectivity index (χ1) is 3.68. The fraction of sp³-hybridized carbons (Fsp3) is 0.400. The van der Waals surface area contributed by atoms with Gasteiger partial charge in [-0.15, -0.1) is 12.4 Å². The minimum Gasteiger partial charge on any atom is -0.397 e. The Hall–Kier alpha value is -0.540. The van der Waals surface area contributed by atoms with Crippen LogP contribution >= 0.6 is 12.4 Å². The second-order valence-electron chi connectivity index (χ2n) is 0.923. The Balaban J connectivity index is -0.0000000800. The Morgan fingerprint density at radius 1 is 1.89 bits per heavy atom. The van der Waals surface area contributed by atoms with Gasteiger partial charge in [-0.25, -0.2) is 0 Å². The molecule has 0 aromatic carbocycles. The molecule has 0 saturated heterocycles. The van der Waals surface area contributed by atoms with Crippen molar-refractivity contribution in [2.45, 2.75) is 6.92 Å². The SMILES string of the molecule is C=CC(N)=O.CCO.Cl. The predicted octanol–water partition coefficient (Wildman–Crippen LogP) is 0.0781. The van der Waals surface area contributed by atoms with E-state index in [1.165, 1.54) is 0 Å². The summed E-state index contributed by atoms with van der Waals surface area (Å²) in [5, 5.41) is 7.57. The maximum absolute atomic E-state index is 9.47. The Morgan fingerprint density at radius 3 is 2.00 bits per heavy atom. The van der Waals surface area contributed by atoms with E-state index in [2.05, 4.69) is 12.3 Å². The zero-order valence-corrected chi connectivity index (χ0v) is 6.15. The third-order valence-corrected chi connectivity index (χ3v) is 0.201. The van der Waals surface area contributed by atoms with Crippen LogP contribution in [0.1, 0.15) is 6.92 Å². The van der Waals surface area contributed by atoms with Gasteiger partial charge in [-0.2, -0.15) is 0 Å². The molecule has 1 amide bonds. The van der Waals surface area contributed by atoms with Gasteiger partial charge in [0.05, 0.1) is 0 Å². The maximum atomic E-state index is 9.47. The van der Waals surface area contributed by atoms with Gasteiger partial charge in [0.15, 0.2) is 0 Å². The number of carbonyl (C=O) groups excluding carboxylic acids is 1. The average Bonchev–Trinajstić information content (AvgIpc) is 1.69. The molecule has 3 N–H and O–H groups in total. The second-order valence-corrected chi connectivity index (χ2v) is 0.923. The van der Waals surface area contributed by atoms with Crippen molar-refractivity contribution in [1.82, 2.24) is 0 Å². The Bertz CT molecular complexity index is 75.4. The van der Waals surface area contributed by atoms with Gasteiger partial charge >= 0.3 is 0 Å². The van der Waals surface area contributed by atoms with Crippen LogP contribution in [-0.2, 0) is 4.79 Å². The summed E-state index contributed by atoms with van der Waals surface area (Å²) < 4.78 is 0. The topological polar surface area (TPSA) is 63.3 Å². The molecule has 0 rings (SSSR count). The van der Waals surface area contributed by atoms with E-state index in [-0.39, 0.29) is 19.0 Å². The average molecular weight is 154 g/mol. The van der Waals surface area contributed by atoms with Gasteiger partial charge in [0.1, 0.15) is 0 Å². The summed E-state index contributed by atoms with van der Waals surface area (Å²) in [5.41, 5.74) is 4.53. The lowest BCUT2D eigenvalue weighted by Gasteiger charge is -1.65. The van der Waals surface area contributed by atoms with Crippen molar-refractivity contribution in [3.63, 3.8) is 0 Å². The molecule has 0 spiro atoms. The van der Waals surface area contributed by atoms with Crippen LogP contribution in [-0.4, -0.2) is 17.6 Å². The number of hydrogen-bond acceptors (Lipinski definition) is 2. The molecular formula is C5H12ClNO2. The number of hydrogen-bond donors (Lipinski definition) is 2. The monoisotopic (exact) mass is 153 g/mol. The van der Waals surface area contributed by atoms with Crippen molar-refractivity contribution in [3.05, 3.63) is 12.7 Å². The van der Waals surface area contributed by atoms with Gasteiger partial charge in [-0.1, -0.05) is 6.58 Å². The van der Waals surface area contributed by atoms with Gasteiger partial charge in [0.25, 0.3) is 0 Å². The number of aliphatic hydroxyl groups is 1. The van der Waals surface area contributed by atoms with Gasteiger partial charge in [-0.3, -0.25) is 4.79 Å². The molecule has 56 valence electrons. The van der Waals surface area contributed by atoms with Crippen LogP contribution in [0.25, 0.3) is 0 Å². The highest BCUT2D eigenvalue weighted by atomic mass is 35.5. The maximum Gasteiger partial charge on any atom is 0.240 e. The molecular weight excluding hydrogens is 142 g/mol. The fourth-order valence-electron chi connectivity index (χ4n) is 0. The molecule has 0 unspecified atom stereocenters. The van der Waals surface area contributed by atoms with Crippen molar-refractivity contribution in [2.75, 3.05) is 6.61 Å². The number of nitrogens with two attached hydrogens (primary N) is 1. The molecule has 0 saturated carbocycles. The first-order valence-corrected chi connectivity index (χ1v) is 2.21. The molecule has 0 aliphatic rings. The van der Waals surface area contributed by atoms with E-state index in [0.29, 0.717) is 0 Å². The smallest absolute Gasteiger partial charge is 0.240 e. The lowest BCUT2D eigenvalue weighted by atomic mass is 10.6. The summed E-state index contributed by atoms with van der Waals surface area (Å²) in [7, 11) is 0. The number of halogens is 1. The van der Waals surface area contributed by atoms with Crippen LogP contribution in [0.5, 0.6) is 0 Å². The number of primary amides is 1. The minimum atomic E-state index is -0.481. The minimum absolute atomic E-state index is 0. The second kappa shape index (κ2) is 15.7. The molecule has 3 nitrogen and oxygen atoms in total. The first kappa shape index (κ1) is 15.8. The zero-order chi connectivity index (χ0) is 6.99. The first-order valence-electron chi connectivity index (χ1n) is 2.21. The van der Waals surface area contributed by atoms with Crippen molar-refractivity contribution in [1.29, 1.82) is 0 Å². The van der Waals surface area contributed by atoms with Gasteiger partial charge < -0.3 is 10.8 Å². The molecule has 0 atom stereocenters. The van der Waals surface area contributed by atoms with Crippen molar-refractivity contribution in [2.24, 2.45) is 5.73 Å². The summed E-state index contributed by atoms with van der Waals surface area (Å²) in [6.07, 6.45) is 1.06. The standard InChI is InChI=1S/C3H5NO.C2H6O.ClH/c1-2-3(4)5;1-2-3;/h2H,1H2,(H2,4,5);3H,2H2,1H3;1H. The summed E-state index contributed by atoms with van der Waals surface area (Å²) in [4.78, 5) is 9.47. The van der Waals surface area contributed by atoms with E-state index >= 15 is 0 Å². The van der Waals surface area contributed by atoms with E-state index in [4.69, 9.17) is 5.11 Å². The van der Waals surface area contributed by atoms with Crippen molar-refractivity contribution in [3.8, 4) is 0 Å². The lowest BCUT2D eigenvalue weighted by molar-refractivity contribution is -0.113. The third kappa shape index (κ3) is 104. The van der Waals surface area contributed by atoms with Gasteiger partial charge in [0.2, 0.25) is 5.91 Å². The largest absolute Gasteiger partial charge is 0.397 e.